The van der Waals surface area contributed by atoms with Gasteiger partial charge in [-0.25, -0.2) is 19.6 Å². The minimum absolute atomic E-state index is 0.171. The molecule has 0 fully saturated rings. The van der Waals surface area contributed by atoms with Crippen molar-refractivity contribution in [2.45, 2.75) is 91.6 Å². The number of rotatable bonds is 12. The third-order valence-electron chi connectivity index (χ3n) is 3.35. The molecule has 0 atom stereocenters. The minimum Gasteiger partial charge on any atom is -0.466 e. The molecule has 0 aliphatic rings. The Morgan fingerprint density at radius 3 is 1.73 bits per heavy atom. The van der Waals surface area contributed by atoms with Crippen LogP contribution >= 0.6 is 0 Å². The molecule has 0 unspecified atom stereocenters. The van der Waals surface area contributed by atoms with Gasteiger partial charge in [-0.3, -0.25) is 4.79 Å². The van der Waals surface area contributed by atoms with Crippen molar-refractivity contribution < 1.29 is 29.1 Å². The maximum absolute atomic E-state index is 11.4. The largest absolute Gasteiger partial charge is 0.466 e. The summed E-state index contributed by atoms with van der Waals surface area (Å²) < 4.78 is 4.89. The van der Waals surface area contributed by atoms with Crippen LogP contribution in [0, 0.1) is 0 Å². The summed E-state index contributed by atoms with van der Waals surface area (Å²) in [6.45, 7) is 13.7. The van der Waals surface area contributed by atoms with Gasteiger partial charge in [0.15, 0.2) is 0 Å². The number of hydrogen-bond acceptors (Lipinski definition) is 6. The van der Waals surface area contributed by atoms with Gasteiger partial charge in [0.25, 0.3) is 0 Å². The molecule has 0 aromatic rings. The Morgan fingerprint density at radius 1 is 0.909 bits per heavy atom. The van der Waals surface area contributed by atoms with Crippen LogP contribution in [0.5, 0.6) is 0 Å². The fourth-order valence-electron chi connectivity index (χ4n) is 1.07. The smallest absolute Gasteiger partial charge is 0.305 e. The van der Waals surface area contributed by atoms with Gasteiger partial charge in [-0.05, 0) is 47.5 Å². The molecule has 0 aliphatic heterocycles. The van der Waals surface area contributed by atoms with Crippen molar-refractivity contribution in [1.29, 1.82) is 0 Å². The summed E-state index contributed by atoms with van der Waals surface area (Å²) in [6, 6.07) is 0. The molecule has 0 saturated heterocycles. The van der Waals surface area contributed by atoms with Crippen molar-refractivity contribution in [2.75, 3.05) is 6.61 Å². The van der Waals surface area contributed by atoms with Crippen molar-refractivity contribution in [3.8, 4) is 0 Å². The molecule has 0 aromatic heterocycles. The number of hydrogen-bond donors (Lipinski definition) is 0. The molecule has 0 radical (unpaired) electrons. The summed E-state index contributed by atoms with van der Waals surface area (Å²) in [5.74, 6) is -0.302. The highest BCUT2D eigenvalue weighted by molar-refractivity contribution is 5.69. The summed E-state index contributed by atoms with van der Waals surface area (Å²) in [6.07, 6.45) is 1.22. The molecular weight excluding hydrogens is 288 g/mol. The zero-order valence-electron chi connectivity index (χ0n) is 15.1. The van der Waals surface area contributed by atoms with Crippen molar-refractivity contribution in [3.63, 3.8) is 0 Å². The Hall–Kier alpha value is -0.690. The second kappa shape index (κ2) is 10.2. The molecule has 0 bridgehead atoms. The molecule has 0 aromatic carbocycles. The lowest BCUT2D eigenvalue weighted by atomic mass is 10.1. The summed E-state index contributed by atoms with van der Waals surface area (Å²) >= 11 is 0. The Bertz CT molecular complexity index is 294. The van der Waals surface area contributed by atoms with Gasteiger partial charge in [-0.2, -0.15) is 0 Å². The van der Waals surface area contributed by atoms with E-state index in [0.717, 1.165) is 12.8 Å². The van der Waals surface area contributed by atoms with E-state index >= 15 is 0 Å². The topological polar surface area (TPSA) is 63.2 Å². The fourth-order valence-corrected chi connectivity index (χ4v) is 1.07. The zero-order chi connectivity index (χ0) is 17.2. The quantitative estimate of drug-likeness (QED) is 0.235. The number of ether oxygens (including phenoxy) is 1. The van der Waals surface area contributed by atoms with Crippen LogP contribution in [0.25, 0.3) is 0 Å². The Labute approximate surface area is 134 Å². The third-order valence-corrected chi connectivity index (χ3v) is 3.35. The molecular formula is C16H32O6. The molecule has 0 rings (SSSR count). The number of carbonyl (C=O) groups is 1. The predicted molar refractivity (Wildman–Crippen MR) is 82.7 cm³/mol. The second-order valence-electron chi connectivity index (χ2n) is 6.36. The maximum Gasteiger partial charge on any atom is 0.305 e. The van der Waals surface area contributed by atoms with Crippen LogP contribution in [0.1, 0.15) is 74.1 Å². The first-order chi connectivity index (χ1) is 10.2. The number of carbonyl (C=O) groups excluding carboxylic acids is 1. The van der Waals surface area contributed by atoms with Crippen LogP contribution in [-0.2, 0) is 29.1 Å². The summed E-state index contributed by atoms with van der Waals surface area (Å²) in [4.78, 5) is 32.8. The van der Waals surface area contributed by atoms with Gasteiger partial charge in [0.2, 0.25) is 6.29 Å². The average Bonchev–Trinajstić information content (AvgIpc) is 2.46. The minimum atomic E-state index is -0.791. The highest BCUT2D eigenvalue weighted by atomic mass is 17.3. The number of esters is 1. The lowest BCUT2D eigenvalue weighted by Crippen LogP contribution is -2.32. The van der Waals surface area contributed by atoms with E-state index in [9.17, 15) is 4.79 Å². The van der Waals surface area contributed by atoms with Gasteiger partial charge in [0.05, 0.1) is 24.2 Å². The van der Waals surface area contributed by atoms with Crippen LogP contribution in [0.3, 0.4) is 0 Å². The first kappa shape index (κ1) is 21.3. The van der Waals surface area contributed by atoms with Gasteiger partial charge in [-0.1, -0.05) is 13.8 Å². The van der Waals surface area contributed by atoms with E-state index in [1.165, 1.54) is 0 Å². The van der Waals surface area contributed by atoms with E-state index < -0.39 is 17.5 Å². The predicted octanol–water partition coefficient (Wildman–Crippen LogP) is 3.93. The van der Waals surface area contributed by atoms with Gasteiger partial charge >= 0.3 is 5.97 Å². The van der Waals surface area contributed by atoms with E-state index in [-0.39, 0.29) is 12.4 Å². The van der Waals surface area contributed by atoms with Crippen LogP contribution in [-0.4, -0.2) is 30.1 Å². The maximum atomic E-state index is 11.4. The van der Waals surface area contributed by atoms with Gasteiger partial charge in [-0.15, -0.1) is 0 Å². The normalized spacial score (nSPS) is 12.7. The van der Waals surface area contributed by atoms with E-state index in [0.29, 0.717) is 13.0 Å². The molecule has 6 heteroatoms. The third kappa shape index (κ3) is 10.1. The Balaban J connectivity index is 4.45. The molecule has 0 heterocycles. The SMILES string of the molecule is CCOC(=O)CCC(OOC(C)(C)CC)OOC(C)(C)CC. The molecule has 0 aliphatic carbocycles. The Kier molecular flexibility index (Phi) is 9.84. The molecule has 6 nitrogen and oxygen atoms in total. The second-order valence-corrected chi connectivity index (χ2v) is 6.36. The first-order valence-electron chi connectivity index (χ1n) is 8.00. The van der Waals surface area contributed by atoms with Crippen molar-refractivity contribution in [1.82, 2.24) is 0 Å². The van der Waals surface area contributed by atoms with Crippen molar-refractivity contribution in [3.05, 3.63) is 0 Å². The molecule has 22 heavy (non-hydrogen) atoms. The molecule has 0 spiro atoms. The molecule has 132 valence electrons. The monoisotopic (exact) mass is 320 g/mol. The summed E-state index contributed by atoms with van der Waals surface area (Å²) in [5.41, 5.74) is -0.877. The van der Waals surface area contributed by atoms with Crippen molar-refractivity contribution in [2.24, 2.45) is 0 Å². The van der Waals surface area contributed by atoms with E-state index in [1.807, 2.05) is 41.5 Å². The van der Waals surface area contributed by atoms with Crippen LogP contribution in [0.15, 0.2) is 0 Å². The standard InChI is InChI=1S/C16H32O6/c1-8-15(4,5)21-19-14(12-11-13(17)18-10-3)20-22-16(6,7)9-2/h14H,8-12H2,1-7H3. The van der Waals surface area contributed by atoms with Crippen LogP contribution < -0.4 is 0 Å². The molecule has 0 amide bonds. The summed E-state index contributed by atoms with van der Waals surface area (Å²) in [5, 5.41) is 0. The van der Waals surface area contributed by atoms with Gasteiger partial charge < -0.3 is 4.74 Å². The average molecular weight is 320 g/mol. The van der Waals surface area contributed by atoms with Crippen molar-refractivity contribution >= 4 is 5.97 Å². The fraction of sp³-hybridized carbons (Fsp3) is 0.938. The van der Waals surface area contributed by atoms with Crippen LogP contribution in [0.2, 0.25) is 0 Å². The lowest BCUT2D eigenvalue weighted by molar-refractivity contribution is -0.500. The van der Waals surface area contributed by atoms with Crippen LogP contribution in [0.4, 0.5) is 0 Å². The lowest BCUT2D eigenvalue weighted by Gasteiger charge is -2.28. The van der Waals surface area contributed by atoms with E-state index in [2.05, 4.69) is 0 Å². The molecule has 0 saturated carbocycles. The zero-order valence-corrected chi connectivity index (χ0v) is 15.1. The highest BCUT2D eigenvalue weighted by Crippen LogP contribution is 2.20. The molecule has 0 N–H and O–H groups in total. The van der Waals surface area contributed by atoms with Gasteiger partial charge in [0, 0.05) is 6.42 Å². The van der Waals surface area contributed by atoms with E-state index in [1.54, 1.807) is 6.92 Å². The summed E-state index contributed by atoms with van der Waals surface area (Å²) in [7, 11) is 0. The Morgan fingerprint density at radius 2 is 1.36 bits per heavy atom. The van der Waals surface area contributed by atoms with E-state index in [4.69, 9.17) is 24.3 Å². The first-order valence-corrected chi connectivity index (χ1v) is 8.00. The van der Waals surface area contributed by atoms with Gasteiger partial charge in [0.1, 0.15) is 0 Å². The highest BCUT2D eigenvalue weighted by Gasteiger charge is 2.25.